The van der Waals surface area contributed by atoms with E-state index in [1.165, 1.54) is 18.2 Å². The molecule has 2 rings (SSSR count). The molecule has 0 aliphatic heterocycles. The van der Waals surface area contributed by atoms with Gasteiger partial charge in [-0.1, -0.05) is 13.8 Å². The molecule has 0 heterocycles. The van der Waals surface area contributed by atoms with Crippen LogP contribution in [0.25, 0.3) is 0 Å². The van der Waals surface area contributed by atoms with Crippen LogP contribution in [0.2, 0.25) is 0 Å². The Hall–Kier alpha value is -0.980. The van der Waals surface area contributed by atoms with E-state index < -0.39 is 15.8 Å². The fraction of sp³-hybridized carbons (Fsp3) is 0.571. The monoisotopic (exact) mass is 300 g/mol. The van der Waals surface area contributed by atoms with E-state index >= 15 is 0 Å². The highest BCUT2D eigenvalue weighted by Gasteiger charge is 2.38. The predicted molar refractivity (Wildman–Crippen MR) is 76.0 cm³/mol. The molecule has 0 atom stereocenters. The first kappa shape index (κ1) is 15.4. The fourth-order valence-electron chi connectivity index (χ4n) is 2.17. The van der Waals surface area contributed by atoms with Gasteiger partial charge in [0.05, 0.1) is 4.90 Å². The molecule has 1 aliphatic rings. The van der Waals surface area contributed by atoms with Crippen LogP contribution >= 0.6 is 0 Å². The van der Waals surface area contributed by atoms with Crippen LogP contribution in [0.5, 0.6) is 0 Å². The van der Waals surface area contributed by atoms with E-state index in [4.69, 9.17) is 5.73 Å². The van der Waals surface area contributed by atoms with Crippen molar-refractivity contribution in [1.82, 2.24) is 4.31 Å². The zero-order valence-electron chi connectivity index (χ0n) is 11.8. The lowest BCUT2D eigenvalue weighted by Crippen LogP contribution is -2.36. The number of halogens is 1. The van der Waals surface area contributed by atoms with Gasteiger partial charge < -0.3 is 5.73 Å². The molecule has 0 aromatic heterocycles. The van der Waals surface area contributed by atoms with Gasteiger partial charge >= 0.3 is 0 Å². The van der Waals surface area contributed by atoms with Crippen molar-refractivity contribution >= 4 is 10.0 Å². The van der Waals surface area contributed by atoms with Crippen LogP contribution in [0.15, 0.2) is 23.1 Å². The molecule has 1 aromatic carbocycles. The molecule has 0 bridgehead atoms. The van der Waals surface area contributed by atoms with Crippen molar-refractivity contribution in [3.63, 3.8) is 0 Å². The van der Waals surface area contributed by atoms with E-state index in [9.17, 15) is 12.8 Å². The summed E-state index contributed by atoms with van der Waals surface area (Å²) in [5.74, 6) is -0.215. The van der Waals surface area contributed by atoms with Gasteiger partial charge in [-0.2, -0.15) is 4.31 Å². The molecule has 4 nitrogen and oxygen atoms in total. The van der Waals surface area contributed by atoms with Gasteiger partial charge in [0, 0.05) is 24.7 Å². The molecule has 0 saturated heterocycles. The van der Waals surface area contributed by atoms with E-state index in [0.29, 0.717) is 6.54 Å². The van der Waals surface area contributed by atoms with Crippen molar-refractivity contribution in [3.05, 3.63) is 29.6 Å². The standard InChI is InChI=1S/C14H21FN2O2S/c1-10(2)9-17(12-3-4-12)20(18,19)13-5-6-14(15)11(7-13)8-16/h5-7,10,12H,3-4,8-9,16H2,1-2H3. The summed E-state index contributed by atoms with van der Waals surface area (Å²) in [4.78, 5) is 0.131. The van der Waals surface area contributed by atoms with Crippen LogP contribution < -0.4 is 5.73 Å². The fourth-order valence-corrected chi connectivity index (χ4v) is 4.07. The van der Waals surface area contributed by atoms with Gasteiger partial charge in [-0.05, 0) is 37.0 Å². The first-order chi connectivity index (χ1) is 9.36. The van der Waals surface area contributed by atoms with Crippen molar-refractivity contribution in [2.24, 2.45) is 11.7 Å². The molecule has 112 valence electrons. The highest BCUT2D eigenvalue weighted by atomic mass is 32.2. The van der Waals surface area contributed by atoms with Crippen molar-refractivity contribution in [3.8, 4) is 0 Å². The van der Waals surface area contributed by atoms with Gasteiger partial charge in [0.15, 0.2) is 0 Å². The van der Waals surface area contributed by atoms with Crippen molar-refractivity contribution in [2.45, 2.75) is 44.2 Å². The maximum Gasteiger partial charge on any atom is 0.243 e. The molecule has 20 heavy (non-hydrogen) atoms. The van der Waals surface area contributed by atoms with Crippen LogP contribution in [0, 0.1) is 11.7 Å². The average Bonchev–Trinajstić information content (AvgIpc) is 3.20. The van der Waals surface area contributed by atoms with Gasteiger partial charge in [0.1, 0.15) is 5.82 Å². The molecule has 0 spiro atoms. The van der Waals surface area contributed by atoms with Gasteiger partial charge in [-0.15, -0.1) is 0 Å². The second-order valence-electron chi connectivity index (χ2n) is 5.66. The number of hydrogen-bond acceptors (Lipinski definition) is 3. The second kappa shape index (κ2) is 5.79. The summed E-state index contributed by atoms with van der Waals surface area (Å²) in [6, 6.07) is 3.93. The maximum absolute atomic E-state index is 13.5. The van der Waals surface area contributed by atoms with E-state index in [-0.39, 0.29) is 29.0 Å². The third-order valence-corrected chi connectivity index (χ3v) is 5.26. The zero-order chi connectivity index (χ0) is 14.9. The molecule has 0 unspecified atom stereocenters. The molecule has 0 radical (unpaired) electrons. The Kier molecular flexibility index (Phi) is 4.46. The lowest BCUT2D eigenvalue weighted by molar-refractivity contribution is 0.360. The molecule has 1 fully saturated rings. The normalized spacial score (nSPS) is 16.1. The summed E-state index contributed by atoms with van der Waals surface area (Å²) >= 11 is 0. The summed E-state index contributed by atoms with van der Waals surface area (Å²) in [6.45, 7) is 4.45. The highest BCUT2D eigenvalue weighted by Crippen LogP contribution is 2.33. The number of hydrogen-bond donors (Lipinski definition) is 1. The summed E-state index contributed by atoms with van der Waals surface area (Å²) in [7, 11) is -3.57. The van der Waals surface area contributed by atoms with E-state index in [0.717, 1.165) is 12.8 Å². The van der Waals surface area contributed by atoms with Crippen LogP contribution in [-0.2, 0) is 16.6 Å². The van der Waals surface area contributed by atoms with Crippen LogP contribution in [-0.4, -0.2) is 25.3 Å². The summed E-state index contributed by atoms with van der Waals surface area (Å²) in [5, 5.41) is 0. The number of rotatable bonds is 6. The minimum absolute atomic E-state index is 0.0111. The van der Waals surface area contributed by atoms with Crippen molar-refractivity contribution in [2.75, 3.05) is 6.54 Å². The van der Waals surface area contributed by atoms with E-state index in [1.807, 2.05) is 13.8 Å². The van der Waals surface area contributed by atoms with Crippen LogP contribution in [0.4, 0.5) is 4.39 Å². The van der Waals surface area contributed by atoms with Gasteiger partial charge in [-0.3, -0.25) is 0 Å². The summed E-state index contributed by atoms with van der Waals surface area (Å²) in [6.07, 6.45) is 1.80. The second-order valence-corrected chi connectivity index (χ2v) is 7.55. The molecule has 2 N–H and O–H groups in total. The smallest absolute Gasteiger partial charge is 0.243 e. The molecular weight excluding hydrogens is 279 g/mol. The molecule has 1 aliphatic carbocycles. The minimum Gasteiger partial charge on any atom is -0.326 e. The first-order valence-electron chi connectivity index (χ1n) is 6.86. The van der Waals surface area contributed by atoms with E-state index in [2.05, 4.69) is 0 Å². The SMILES string of the molecule is CC(C)CN(C1CC1)S(=O)(=O)c1ccc(F)c(CN)c1. The largest absolute Gasteiger partial charge is 0.326 e. The number of nitrogens with zero attached hydrogens (tertiary/aromatic N) is 1. The summed E-state index contributed by atoms with van der Waals surface area (Å²) < 4.78 is 40.4. The molecule has 1 aromatic rings. The Labute approximate surface area is 119 Å². The number of nitrogens with two attached hydrogens (primary N) is 1. The first-order valence-corrected chi connectivity index (χ1v) is 8.30. The topological polar surface area (TPSA) is 63.4 Å². The third-order valence-electron chi connectivity index (χ3n) is 3.34. The molecule has 0 amide bonds. The molecule has 1 saturated carbocycles. The van der Waals surface area contributed by atoms with Gasteiger partial charge in [0.25, 0.3) is 0 Å². The zero-order valence-corrected chi connectivity index (χ0v) is 12.7. The van der Waals surface area contributed by atoms with E-state index in [1.54, 1.807) is 4.31 Å². The quantitative estimate of drug-likeness (QED) is 0.875. The predicted octanol–water partition coefficient (Wildman–Crippen LogP) is 2.09. The average molecular weight is 300 g/mol. The minimum atomic E-state index is -3.57. The third kappa shape index (κ3) is 3.19. The Morgan fingerprint density at radius 2 is 2.05 bits per heavy atom. The molecular formula is C14H21FN2O2S. The lowest BCUT2D eigenvalue weighted by Gasteiger charge is -2.24. The Morgan fingerprint density at radius 3 is 2.55 bits per heavy atom. The highest BCUT2D eigenvalue weighted by molar-refractivity contribution is 7.89. The van der Waals surface area contributed by atoms with Crippen LogP contribution in [0.1, 0.15) is 32.3 Å². The Morgan fingerprint density at radius 1 is 1.40 bits per heavy atom. The number of sulfonamides is 1. The van der Waals surface area contributed by atoms with Crippen molar-refractivity contribution in [1.29, 1.82) is 0 Å². The van der Waals surface area contributed by atoms with Crippen molar-refractivity contribution < 1.29 is 12.8 Å². The van der Waals surface area contributed by atoms with Gasteiger partial charge in [-0.25, -0.2) is 12.8 Å². The van der Waals surface area contributed by atoms with Crippen LogP contribution in [0.3, 0.4) is 0 Å². The maximum atomic E-state index is 13.5. The van der Waals surface area contributed by atoms with Gasteiger partial charge in [0.2, 0.25) is 10.0 Å². The Bertz CT molecular complexity index is 583. The Balaban J connectivity index is 2.37. The lowest BCUT2D eigenvalue weighted by atomic mass is 10.2. The molecule has 6 heteroatoms. The summed E-state index contributed by atoms with van der Waals surface area (Å²) in [5.41, 5.74) is 5.67. The number of benzene rings is 1.